The molecule has 1 fully saturated rings. The molecule has 0 aliphatic carbocycles. The van der Waals surface area contributed by atoms with E-state index < -0.39 is 7.12 Å². The van der Waals surface area contributed by atoms with Gasteiger partial charge in [-0.1, -0.05) is 0 Å². The predicted molar refractivity (Wildman–Crippen MR) is 60.2 cm³/mol. The highest BCUT2D eigenvalue weighted by Gasteiger charge is 2.17. The predicted octanol–water partition coefficient (Wildman–Crippen LogP) is 0.418. The van der Waals surface area contributed by atoms with Crippen molar-refractivity contribution in [2.24, 2.45) is 0 Å². The van der Waals surface area contributed by atoms with Gasteiger partial charge in [-0.25, -0.2) is 0 Å². The summed E-state index contributed by atoms with van der Waals surface area (Å²) in [4.78, 5) is 2.32. The molecule has 2 N–H and O–H groups in total. The smallest absolute Gasteiger partial charge is 0.423 e. The number of hydrogen-bond donors (Lipinski definition) is 2. The number of thiophene rings is 1. The fourth-order valence-corrected chi connectivity index (χ4v) is 2.70. The minimum absolute atomic E-state index is 0.630. The lowest BCUT2D eigenvalue weighted by atomic mass is 9.90. The van der Waals surface area contributed by atoms with Crippen molar-refractivity contribution in [2.45, 2.75) is 19.3 Å². The molecule has 2 rings (SSSR count). The third-order valence-electron chi connectivity index (χ3n) is 2.53. The molecule has 2 heterocycles. The Morgan fingerprint density at radius 2 is 1.86 bits per heavy atom. The third-order valence-corrected chi connectivity index (χ3v) is 3.72. The van der Waals surface area contributed by atoms with Crippen LogP contribution in [0.5, 0.6) is 0 Å². The fraction of sp³-hybridized carbons (Fsp3) is 0.556. The summed E-state index contributed by atoms with van der Waals surface area (Å²) in [7, 11) is -1.32. The second kappa shape index (κ2) is 4.34. The van der Waals surface area contributed by atoms with Gasteiger partial charge < -0.3 is 14.9 Å². The van der Waals surface area contributed by atoms with E-state index in [0.29, 0.717) is 4.78 Å². The second-order valence-electron chi connectivity index (χ2n) is 3.60. The summed E-state index contributed by atoms with van der Waals surface area (Å²) in [6, 6.07) is 3.77. The van der Waals surface area contributed by atoms with Gasteiger partial charge in [-0.05, 0) is 31.4 Å². The highest BCUT2D eigenvalue weighted by atomic mass is 32.1. The summed E-state index contributed by atoms with van der Waals surface area (Å²) in [5.41, 5.74) is 0. The van der Waals surface area contributed by atoms with Crippen molar-refractivity contribution in [3.63, 3.8) is 0 Å². The van der Waals surface area contributed by atoms with Crippen molar-refractivity contribution in [1.29, 1.82) is 0 Å². The van der Waals surface area contributed by atoms with E-state index in [1.807, 2.05) is 6.07 Å². The molecule has 0 bridgehead atoms. The Bertz CT molecular complexity index is 297. The van der Waals surface area contributed by atoms with Crippen molar-refractivity contribution in [3.05, 3.63) is 12.1 Å². The van der Waals surface area contributed by atoms with Gasteiger partial charge in [-0.15, -0.1) is 11.3 Å². The van der Waals surface area contributed by atoms with Crippen molar-refractivity contribution in [2.75, 3.05) is 18.0 Å². The first kappa shape index (κ1) is 10.0. The summed E-state index contributed by atoms with van der Waals surface area (Å²) < 4.78 is 0.630. The van der Waals surface area contributed by atoms with Crippen LogP contribution < -0.4 is 9.68 Å². The van der Waals surface area contributed by atoms with Gasteiger partial charge in [0, 0.05) is 17.9 Å². The molecule has 1 aromatic rings. The van der Waals surface area contributed by atoms with Crippen LogP contribution in [0.15, 0.2) is 12.1 Å². The quantitative estimate of drug-likeness (QED) is 0.696. The molecule has 0 saturated carbocycles. The Kier molecular flexibility index (Phi) is 3.10. The van der Waals surface area contributed by atoms with Gasteiger partial charge in [-0.3, -0.25) is 0 Å². The summed E-state index contributed by atoms with van der Waals surface area (Å²) in [6.45, 7) is 2.20. The van der Waals surface area contributed by atoms with Crippen LogP contribution in [0.4, 0.5) is 5.00 Å². The Morgan fingerprint density at radius 1 is 1.14 bits per heavy atom. The van der Waals surface area contributed by atoms with Gasteiger partial charge >= 0.3 is 7.12 Å². The average molecular weight is 211 g/mol. The van der Waals surface area contributed by atoms with E-state index in [0.717, 1.165) is 18.1 Å². The molecule has 5 heteroatoms. The molecule has 1 saturated heterocycles. The topological polar surface area (TPSA) is 43.7 Å². The summed E-state index contributed by atoms with van der Waals surface area (Å²) >= 11 is 1.47. The largest absolute Gasteiger partial charge is 0.499 e. The molecule has 0 unspecified atom stereocenters. The van der Waals surface area contributed by atoms with Crippen LogP contribution in [0.1, 0.15) is 19.3 Å². The van der Waals surface area contributed by atoms with Crippen LogP contribution in [-0.4, -0.2) is 30.3 Å². The number of piperidine rings is 1. The molecular weight excluding hydrogens is 197 g/mol. The molecule has 3 nitrogen and oxygen atoms in total. The average Bonchev–Trinajstić information content (AvgIpc) is 2.68. The molecule has 0 spiro atoms. The number of nitrogens with zero attached hydrogens (tertiary/aromatic N) is 1. The highest BCUT2D eigenvalue weighted by molar-refractivity contribution is 7.25. The number of anilines is 1. The zero-order valence-electron chi connectivity index (χ0n) is 8.02. The lowest BCUT2D eigenvalue weighted by Crippen LogP contribution is -2.29. The minimum atomic E-state index is -1.32. The Hall–Kier alpha value is -0.515. The van der Waals surface area contributed by atoms with E-state index in [4.69, 9.17) is 10.0 Å². The molecule has 14 heavy (non-hydrogen) atoms. The summed E-state index contributed by atoms with van der Waals surface area (Å²) in [6.07, 6.45) is 3.81. The molecule has 76 valence electrons. The minimum Gasteiger partial charge on any atom is -0.423 e. The maximum Gasteiger partial charge on any atom is 0.499 e. The van der Waals surface area contributed by atoms with Crippen molar-refractivity contribution in [3.8, 4) is 0 Å². The fourth-order valence-electron chi connectivity index (χ4n) is 1.77. The van der Waals surface area contributed by atoms with E-state index in [1.54, 1.807) is 6.07 Å². The van der Waals surface area contributed by atoms with Gasteiger partial charge in [0.25, 0.3) is 0 Å². The van der Waals surface area contributed by atoms with Crippen LogP contribution in [0.2, 0.25) is 0 Å². The Balaban J connectivity index is 2.07. The van der Waals surface area contributed by atoms with E-state index >= 15 is 0 Å². The highest BCUT2D eigenvalue weighted by Crippen LogP contribution is 2.23. The molecule has 0 aromatic carbocycles. The first-order chi connectivity index (χ1) is 6.77. The van der Waals surface area contributed by atoms with E-state index in [-0.39, 0.29) is 0 Å². The molecule has 1 aromatic heterocycles. The van der Waals surface area contributed by atoms with Crippen LogP contribution in [0.25, 0.3) is 0 Å². The van der Waals surface area contributed by atoms with Gasteiger partial charge in [0.1, 0.15) is 0 Å². The van der Waals surface area contributed by atoms with Crippen LogP contribution in [0.3, 0.4) is 0 Å². The van der Waals surface area contributed by atoms with Gasteiger partial charge in [0.15, 0.2) is 0 Å². The lowest BCUT2D eigenvalue weighted by Gasteiger charge is -2.27. The first-order valence-corrected chi connectivity index (χ1v) is 5.80. The van der Waals surface area contributed by atoms with E-state index in [9.17, 15) is 0 Å². The second-order valence-corrected chi connectivity index (χ2v) is 4.69. The summed E-state index contributed by atoms with van der Waals surface area (Å²) in [5, 5.41) is 19.1. The van der Waals surface area contributed by atoms with Crippen molar-refractivity contribution < 1.29 is 10.0 Å². The Labute approximate surface area is 88.1 Å². The third kappa shape index (κ3) is 2.11. The zero-order valence-corrected chi connectivity index (χ0v) is 8.83. The van der Waals surface area contributed by atoms with Crippen LogP contribution >= 0.6 is 11.3 Å². The van der Waals surface area contributed by atoms with Crippen LogP contribution in [-0.2, 0) is 0 Å². The standard InChI is InChI=1S/C9H14BNO2S/c12-10(13)8-4-5-9(14-8)11-6-2-1-3-7-11/h4-5,12-13H,1-3,6-7H2. The normalized spacial score (nSPS) is 17.1. The lowest BCUT2D eigenvalue weighted by molar-refractivity contribution is 0.427. The monoisotopic (exact) mass is 211 g/mol. The maximum absolute atomic E-state index is 8.98. The molecule has 0 atom stereocenters. The van der Waals surface area contributed by atoms with E-state index in [1.165, 1.54) is 30.6 Å². The SMILES string of the molecule is OB(O)c1ccc(N2CCCCC2)s1. The number of hydrogen-bond acceptors (Lipinski definition) is 4. The van der Waals surface area contributed by atoms with Crippen LogP contribution in [0, 0.1) is 0 Å². The Morgan fingerprint density at radius 3 is 2.43 bits per heavy atom. The van der Waals surface area contributed by atoms with Crippen molar-refractivity contribution in [1.82, 2.24) is 0 Å². The zero-order chi connectivity index (χ0) is 9.97. The first-order valence-electron chi connectivity index (χ1n) is 4.98. The molecule has 0 radical (unpaired) electrons. The summed E-state index contributed by atoms with van der Waals surface area (Å²) in [5.74, 6) is 0. The molecule has 1 aliphatic heterocycles. The van der Waals surface area contributed by atoms with Gasteiger partial charge in [0.2, 0.25) is 0 Å². The van der Waals surface area contributed by atoms with Crippen molar-refractivity contribution >= 4 is 28.2 Å². The molecule has 1 aliphatic rings. The maximum atomic E-state index is 8.98. The van der Waals surface area contributed by atoms with Gasteiger partial charge in [-0.2, -0.15) is 0 Å². The number of rotatable bonds is 2. The molecular formula is C9H14BNO2S. The van der Waals surface area contributed by atoms with E-state index in [2.05, 4.69) is 4.90 Å². The van der Waals surface area contributed by atoms with Gasteiger partial charge in [0.05, 0.1) is 5.00 Å². The molecule has 0 amide bonds.